The van der Waals surface area contributed by atoms with Crippen LogP contribution >= 0.6 is 0 Å². The third kappa shape index (κ3) is 3.60. The average molecular weight is 392 g/mol. The van der Waals surface area contributed by atoms with Crippen LogP contribution < -0.4 is 5.48 Å². The Morgan fingerprint density at radius 2 is 1.68 bits per heavy atom. The Labute approximate surface area is 159 Å². The first-order chi connectivity index (χ1) is 12.9. The SMILES string of the molecule is CC1(C)N=C(c2ccc(C(C)(C(=O)O)c3cccc(C(F)(F)F)c3)cc2)NO1. The number of carbonyl (C=O) groups is 1. The van der Waals surface area contributed by atoms with Gasteiger partial charge in [-0.15, -0.1) is 0 Å². The number of alkyl halides is 3. The number of hydroxylamine groups is 1. The van der Waals surface area contributed by atoms with Gasteiger partial charge in [-0.2, -0.15) is 13.2 Å². The Morgan fingerprint density at radius 1 is 1.07 bits per heavy atom. The van der Waals surface area contributed by atoms with Crippen molar-refractivity contribution in [1.29, 1.82) is 0 Å². The van der Waals surface area contributed by atoms with E-state index >= 15 is 0 Å². The van der Waals surface area contributed by atoms with Crippen LogP contribution in [0.4, 0.5) is 13.2 Å². The molecule has 0 saturated carbocycles. The van der Waals surface area contributed by atoms with Gasteiger partial charge in [-0.3, -0.25) is 4.79 Å². The van der Waals surface area contributed by atoms with Gasteiger partial charge in [0.15, 0.2) is 11.6 Å². The minimum absolute atomic E-state index is 0.0448. The van der Waals surface area contributed by atoms with E-state index in [9.17, 15) is 23.1 Å². The highest BCUT2D eigenvalue weighted by Gasteiger charge is 2.39. The van der Waals surface area contributed by atoms with Crippen molar-refractivity contribution < 1.29 is 27.9 Å². The number of benzene rings is 2. The second kappa shape index (κ2) is 6.63. The molecule has 1 aliphatic heterocycles. The van der Waals surface area contributed by atoms with Crippen LogP contribution in [-0.2, 0) is 21.2 Å². The molecule has 1 aliphatic rings. The summed E-state index contributed by atoms with van der Waals surface area (Å²) in [4.78, 5) is 21.7. The van der Waals surface area contributed by atoms with Gasteiger partial charge in [-0.1, -0.05) is 42.5 Å². The Morgan fingerprint density at radius 3 is 2.18 bits per heavy atom. The van der Waals surface area contributed by atoms with Crippen LogP contribution in [0.3, 0.4) is 0 Å². The molecule has 2 N–H and O–H groups in total. The highest BCUT2D eigenvalue weighted by Crippen LogP contribution is 2.37. The summed E-state index contributed by atoms with van der Waals surface area (Å²) in [5.41, 5.74) is 0.511. The lowest BCUT2D eigenvalue weighted by atomic mass is 9.75. The molecule has 1 heterocycles. The third-order valence-corrected chi connectivity index (χ3v) is 4.71. The largest absolute Gasteiger partial charge is 0.480 e. The number of amidine groups is 1. The van der Waals surface area contributed by atoms with Crippen molar-refractivity contribution in [3.05, 3.63) is 70.8 Å². The van der Waals surface area contributed by atoms with Crippen molar-refractivity contribution in [3.63, 3.8) is 0 Å². The summed E-state index contributed by atoms with van der Waals surface area (Å²) in [7, 11) is 0. The zero-order valence-corrected chi connectivity index (χ0v) is 15.5. The van der Waals surface area contributed by atoms with Gasteiger partial charge >= 0.3 is 12.1 Å². The van der Waals surface area contributed by atoms with E-state index in [0.29, 0.717) is 17.0 Å². The predicted molar refractivity (Wildman–Crippen MR) is 96.8 cm³/mol. The molecule has 3 rings (SSSR count). The van der Waals surface area contributed by atoms with Gasteiger partial charge in [0.2, 0.25) is 0 Å². The molecule has 2 aromatic rings. The number of carboxylic acids is 1. The summed E-state index contributed by atoms with van der Waals surface area (Å²) in [5.74, 6) is -0.756. The number of nitrogens with one attached hydrogen (secondary N) is 1. The molecule has 0 spiro atoms. The number of aliphatic carboxylic acids is 1. The second-order valence-electron chi connectivity index (χ2n) is 7.20. The summed E-state index contributed by atoms with van der Waals surface area (Å²) in [6.07, 6.45) is -4.56. The van der Waals surface area contributed by atoms with Crippen LogP contribution in [-0.4, -0.2) is 22.6 Å². The molecule has 5 nitrogen and oxygen atoms in total. The zero-order chi connectivity index (χ0) is 20.7. The van der Waals surface area contributed by atoms with Gasteiger partial charge < -0.3 is 5.11 Å². The fraction of sp³-hybridized carbons (Fsp3) is 0.300. The lowest BCUT2D eigenvalue weighted by Crippen LogP contribution is -2.34. The molecule has 0 aromatic heterocycles. The van der Waals surface area contributed by atoms with Crippen molar-refractivity contribution in [3.8, 4) is 0 Å². The number of halogens is 3. The number of nitrogens with zero attached hydrogens (tertiary/aromatic N) is 1. The summed E-state index contributed by atoms with van der Waals surface area (Å²) in [6.45, 7) is 4.93. The first-order valence-electron chi connectivity index (χ1n) is 8.49. The van der Waals surface area contributed by atoms with Crippen molar-refractivity contribution >= 4 is 11.8 Å². The van der Waals surface area contributed by atoms with E-state index in [1.807, 2.05) is 0 Å². The number of hydrogen-bond acceptors (Lipinski definition) is 4. The molecule has 0 saturated heterocycles. The fourth-order valence-electron chi connectivity index (χ4n) is 2.99. The normalized spacial score (nSPS) is 18.1. The summed E-state index contributed by atoms with van der Waals surface area (Å²) >= 11 is 0. The van der Waals surface area contributed by atoms with Crippen molar-refractivity contribution in [2.45, 2.75) is 38.1 Å². The summed E-state index contributed by atoms with van der Waals surface area (Å²) in [6, 6.07) is 10.8. The quantitative estimate of drug-likeness (QED) is 0.821. The molecule has 0 amide bonds. The van der Waals surface area contributed by atoms with E-state index in [0.717, 1.165) is 12.1 Å². The lowest BCUT2D eigenvalue weighted by Gasteiger charge is -2.27. The number of aliphatic imine (C=N–C) groups is 1. The molecule has 1 unspecified atom stereocenters. The van der Waals surface area contributed by atoms with E-state index in [4.69, 9.17) is 4.84 Å². The van der Waals surface area contributed by atoms with Gasteiger partial charge in [0.1, 0.15) is 5.41 Å². The van der Waals surface area contributed by atoms with Gasteiger partial charge in [0.05, 0.1) is 5.56 Å². The van der Waals surface area contributed by atoms with Crippen LogP contribution in [0, 0.1) is 0 Å². The average Bonchev–Trinajstić information content (AvgIpc) is 3.00. The third-order valence-electron chi connectivity index (χ3n) is 4.71. The lowest BCUT2D eigenvalue weighted by molar-refractivity contribution is -0.142. The van der Waals surface area contributed by atoms with E-state index in [-0.39, 0.29) is 5.56 Å². The maximum Gasteiger partial charge on any atom is 0.416 e. The number of hydrogen-bond donors (Lipinski definition) is 2. The van der Waals surface area contributed by atoms with Crippen LogP contribution in [0.25, 0.3) is 0 Å². The molecular weight excluding hydrogens is 373 g/mol. The monoisotopic (exact) mass is 392 g/mol. The van der Waals surface area contributed by atoms with Crippen LogP contribution in [0.5, 0.6) is 0 Å². The van der Waals surface area contributed by atoms with Crippen molar-refractivity contribution in [1.82, 2.24) is 5.48 Å². The first-order valence-corrected chi connectivity index (χ1v) is 8.49. The Hall–Kier alpha value is -2.87. The van der Waals surface area contributed by atoms with E-state index in [1.165, 1.54) is 19.1 Å². The Kier molecular flexibility index (Phi) is 4.71. The molecule has 148 valence electrons. The molecule has 28 heavy (non-hydrogen) atoms. The standard InChI is InChI=1S/C20H19F3N2O3/c1-18(2)24-16(25-28-18)12-7-9-13(10-8-12)19(3,17(26)27)14-5-4-6-15(11-14)20(21,22)23/h4-11H,1-3H3,(H,24,25)(H,26,27). The number of carboxylic acid groups (broad SMARTS) is 1. The molecule has 0 radical (unpaired) electrons. The van der Waals surface area contributed by atoms with Gasteiger partial charge in [0.25, 0.3) is 0 Å². The fourth-order valence-corrected chi connectivity index (χ4v) is 2.99. The Bertz CT molecular complexity index is 936. The Balaban J connectivity index is 2.02. The van der Waals surface area contributed by atoms with E-state index in [2.05, 4.69) is 10.5 Å². The van der Waals surface area contributed by atoms with Crippen molar-refractivity contribution in [2.75, 3.05) is 0 Å². The van der Waals surface area contributed by atoms with Gasteiger partial charge in [-0.25, -0.2) is 15.3 Å². The minimum atomic E-state index is -4.56. The highest BCUT2D eigenvalue weighted by atomic mass is 19.4. The molecule has 2 aromatic carbocycles. The maximum absolute atomic E-state index is 13.1. The molecule has 0 bridgehead atoms. The second-order valence-corrected chi connectivity index (χ2v) is 7.20. The minimum Gasteiger partial charge on any atom is -0.480 e. The van der Waals surface area contributed by atoms with Gasteiger partial charge in [0, 0.05) is 5.56 Å². The van der Waals surface area contributed by atoms with Gasteiger partial charge in [-0.05, 0) is 38.0 Å². The topological polar surface area (TPSA) is 70.9 Å². The van der Waals surface area contributed by atoms with Crippen LogP contribution in [0.15, 0.2) is 53.5 Å². The molecule has 0 aliphatic carbocycles. The zero-order valence-electron chi connectivity index (χ0n) is 15.5. The summed E-state index contributed by atoms with van der Waals surface area (Å²) in [5, 5.41) is 9.85. The smallest absolute Gasteiger partial charge is 0.416 e. The molecule has 0 fully saturated rings. The predicted octanol–water partition coefficient (Wildman–Crippen LogP) is 4.11. The molecule has 1 atom stereocenters. The van der Waals surface area contributed by atoms with Crippen molar-refractivity contribution in [2.24, 2.45) is 4.99 Å². The first kappa shape index (κ1) is 19.9. The van der Waals surface area contributed by atoms with E-state index < -0.39 is 28.8 Å². The molecule has 8 heteroatoms. The van der Waals surface area contributed by atoms with Crippen LogP contribution in [0.1, 0.15) is 43.0 Å². The van der Waals surface area contributed by atoms with Crippen LogP contribution in [0.2, 0.25) is 0 Å². The maximum atomic E-state index is 13.1. The molecular formula is C20H19F3N2O3. The summed E-state index contributed by atoms with van der Waals surface area (Å²) < 4.78 is 39.2. The van der Waals surface area contributed by atoms with E-state index in [1.54, 1.807) is 38.1 Å². The number of rotatable bonds is 4. The highest BCUT2D eigenvalue weighted by molar-refractivity contribution is 5.99.